The molecule has 0 aliphatic carbocycles. The zero-order valence-electron chi connectivity index (χ0n) is 19.7. The Bertz CT molecular complexity index is 1190. The molecule has 2 unspecified atom stereocenters. The fourth-order valence-electron chi connectivity index (χ4n) is 3.95. The third-order valence-corrected chi connectivity index (χ3v) is 6.50. The second kappa shape index (κ2) is 9.05. The molecule has 0 saturated carbocycles. The molecule has 1 saturated heterocycles. The molecule has 1 aliphatic rings. The molecule has 174 valence electrons. The molecule has 3 aromatic rings. The van der Waals surface area contributed by atoms with E-state index in [2.05, 4.69) is 31.7 Å². The van der Waals surface area contributed by atoms with E-state index in [0.717, 1.165) is 21.3 Å². The predicted molar refractivity (Wildman–Crippen MR) is 130 cm³/mol. The zero-order chi connectivity index (χ0) is 23.8. The summed E-state index contributed by atoms with van der Waals surface area (Å²) in [6, 6.07) is 3.88. The number of amides is 2. The van der Waals surface area contributed by atoms with Crippen LogP contribution in [0.4, 0.5) is 5.95 Å². The first kappa shape index (κ1) is 23.1. The van der Waals surface area contributed by atoms with Crippen LogP contribution < -0.4 is 10.6 Å². The van der Waals surface area contributed by atoms with E-state index in [9.17, 15) is 9.59 Å². The minimum atomic E-state index is -0.297. The van der Waals surface area contributed by atoms with Gasteiger partial charge in [-0.3, -0.25) is 14.6 Å². The summed E-state index contributed by atoms with van der Waals surface area (Å²) in [7, 11) is 0. The Morgan fingerprint density at radius 3 is 2.76 bits per heavy atom. The third-order valence-electron chi connectivity index (χ3n) is 5.59. The first-order valence-electron chi connectivity index (χ1n) is 11.2. The number of anilines is 1. The Hall–Kier alpha value is -3.07. The molecule has 0 aromatic carbocycles. The first-order valence-corrected chi connectivity index (χ1v) is 12.0. The van der Waals surface area contributed by atoms with E-state index in [0.29, 0.717) is 31.2 Å². The molecule has 4 rings (SSSR count). The zero-order valence-corrected chi connectivity index (χ0v) is 20.5. The van der Waals surface area contributed by atoms with Gasteiger partial charge in [-0.25, -0.2) is 9.97 Å². The molecule has 9 heteroatoms. The van der Waals surface area contributed by atoms with Gasteiger partial charge in [0.1, 0.15) is 0 Å². The molecule has 4 heterocycles. The quantitative estimate of drug-likeness (QED) is 0.591. The smallest absolute Gasteiger partial charge is 0.274 e. The number of nitrogens with one attached hydrogen (secondary N) is 2. The normalized spacial score (nSPS) is 17.2. The SMILES string of the molecule is Cc1cncc(C(C)Nc2nc(C(=O)N3CCC(C(=O)NC(C)(C)C)C3)c3sccc3n2)c1. The van der Waals surface area contributed by atoms with Crippen molar-refractivity contribution < 1.29 is 9.59 Å². The van der Waals surface area contributed by atoms with Crippen LogP contribution in [0.15, 0.2) is 29.9 Å². The number of nitrogens with zero attached hydrogens (tertiary/aromatic N) is 4. The number of aryl methyl sites for hydroxylation is 1. The number of pyridine rings is 1. The number of fused-ring (bicyclic) bond motifs is 1. The van der Waals surface area contributed by atoms with Crippen LogP contribution in [0.25, 0.3) is 10.2 Å². The van der Waals surface area contributed by atoms with Crippen LogP contribution in [0.1, 0.15) is 61.8 Å². The summed E-state index contributed by atoms with van der Waals surface area (Å²) in [6.07, 6.45) is 4.27. The minimum Gasteiger partial charge on any atom is -0.351 e. The molecule has 1 aliphatic heterocycles. The fourth-order valence-corrected chi connectivity index (χ4v) is 4.76. The Balaban J connectivity index is 1.54. The Morgan fingerprint density at radius 1 is 1.24 bits per heavy atom. The van der Waals surface area contributed by atoms with Gasteiger partial charge in [-0.1, -0.05) is 6.07 Å². The van der Waals surface area contributed by atoms with Crippen LogP contribution in [0.5, 0.6) is 0 Å². The van der Waals surface area contributed by atoms with E-state index in [1.165, 1.54) is 11.3 Å². The van der Waals surface area contributed by atoms with Crippen molar-refractivity contribution in [2.45, 2.75) is 52.6 Å². The lowest BCUT2D eigenvalue weighted by molar-refractivity contribution is -0.126. The highest BCUT2D eigenvalue weighted by molar-refractivity contribution is 7.17. The highest BCUT2D eigenvalue weighted by atomic mass is 32.1. The van der Waals surface area contributed by atoms with Gasteiger partial charge >= 0.3 is 0 Å². The molecule has 1 fully saturated rings. The Morgan fingerprint density at radius 2 is 2.03 bits per heavy atom. The van der Waals surface area contributed by atoms with E-state index >= 15 is 0 Å². The maximum Gasteiger partial charge on any atom is 0.274 e. The highest BCUT2D eigenvalue weighted by Crippen LogP contribution is 2.28. The van der Waals surface area contributed by atoms with Gasteiger partial charge < -0.3 is 15.5 Å². The molecule has 0 radical (unpaired) electrons. The van der Waals surface area contributed by atoms with Crippen molar-refractivity contribution in [3.05, 3.63) is 46.7 Å². The Kier molecular flexibility index (Phi) is 6.34. The average Bonchev–Trinajstić information content (AvgIpc) is 3.41. The lowest BCUT2D eigenvalue weighted by atomic mass is 10.0. The topological polar surface area (TPSA) is 100 Å². The lowest BCUT2D eigenvalue weighted by Gasteiger charge is -2.23. The van der Waals surface area contributed by atoms with Crippen LogP contribution in [0, 0.1) is 12.8 Å². The van der Waals surface area contributed by atoms with E-state index in [1.807, 2.05) is 58.5 Å². The second-order valence-corrected chi connectivity index (χ2v) is 10.6. The number of likely N-dealkylation sites (tertiary alicyclic amines) is 1. The van der Waals surface area contributed by atoms with E-state index < -0.39 is 0 Å². The number of carbonyl (C=O) groups excluding carboxylic acids is 2. The summed E-state index contributed by atoms with van der Waals surface area (Å²) >= 11 is 1.45. The molecule has 0 bridgehead atoms. The molecular formula is C24H30N6O2S. The van der Waals surface area contributed by atoms with Crippen molar-refractivity contribution in [1.82, 2.24) is 25.2 Å². The van der Waals surface area contributed by atoms with Crippen molar-refractivity contribution in [3.63, 3.8) is 0 Å². The van der Waals surface area contributed by atoms with E-state index in [1.54, 1.807) is 4.90 Å². The van der Waals surface area contributed by atoms with Crippen molar-refractivity contribution in [3.8, 4) is 0 Å². The number of hydrogen-bond acceptors (Lipinski definition) is 7. The maximum absolute atomic E-state index is 13.4. The number of thiophene rings is 1. The molecular weight excluding hydrogens is 436 g/mol. The summed E-state index contributed by atoms with van der Waals surface area (Å²) < 4.78 is 0.762. The predicted octanol–water partition coefficient (Wildman–Crippen LogP) is 3.94. The van der Waals surface area contributed by atoms with Gasteiger partial charge in [0.05, 0.1) is 22.2 Å². The average molecular weight is 467 g/mol. The summed E-state index contributed by atoms with van der Waals surface area (Å²) in [4.78, 5) is 41.2. The van der Waals surface area contributed by atoms with Gasteiger partial charge in [-0.05, 0) is 63.6 Å². The minimum absolute atomic E-state index is 0.00953. The van der Waals surface area contributed by atoms with Crippen LogP contribution in [0.3, 0.4) is 0 Å². The molecule has 3 aromatic heterocycles. The third kappa shape index (κ3) is 5.30. The van der Waals surface area contributed by atoms with Gasteiger partial charge in [0.2, 0.25) is 11.9 Å². The summed E-state index contributed by atoms with van der Waals surface area (Å²) in [6.45, 7) is 10.8. The van der Waals surface area contributed by atoms with Gasteiger partial charge in [0.25, 0.3) is 5.91 Å². The molecule has 2 atom stereocenters. The highest BCUT2D eigenvalue weighted by Gasteiger charge is 2.34. The van der Waals surface area contributed by atoms with Gasteiger partial charge in [-0.15, -0.1) is 11.3 Å². The summed E-state index contributed by atoms with van der Waals surface area (Å²) in [5.74, 6) is 0.0216. The summed E-state index contributed by atoms with van der Waals surface area (Å²) in [5.41, 5.74) is 2.91. The lowest BCUT2D eigenvalue weighted by Crippen LogP contribution is -2.44. The molecule has 0 spiro atoms. The van der Waals surface area contributed by atoms with E-state index in [-0.39, 0.29) is 29.3 Å². The fraction of sp³-hybridized carbons (Fsp3) is 0.458. The van der Waals surface area contributed by atoms with Gasteiger partial charge in [-0.2, -0.15) is 0 Å². The van der Waals surface area contributed by atoms with Crippen LogP contribution in [-0.4, -0.2) is 50.3 Å². The Labute approximate surface area is 197 Å². The van der Waals surface area contributed by atoms with E-state index in [4.69, 9.17) is 0 Å². The van der Waals surface area contributed by atoms with Crippen molar-refractivity contribution in [2.24, 2.45) is 5.92 Å². The number of hydrogen-bond donors (Lipinski definition) is 2. The second-order valence-electron chi connectivity index (χ2n) is 9.67. The van der Waals surface area contributed by atoms with Gasteiger partial charge in [0, 0.05) is 31.0 Å². The van der Waals surface area contributed by atoms with Gasteiger partial charge in [0.15, 0.2) is 5.69 Å². The molecule has 2 N–H and O–H groups in total. The standard InChI is InChI=1S/C24H30N6O2S/c1-14-10-17(12-25-11-14)15(2)26-23-27-18-7-9-33-20(18)19(28-23)22(32)30-8-6-16(13-30)21(31)29-24(3,4)5/h7,9-12,15-16H,6,8,13H2,1-5H3,(H,29,31)(H,26,27,28). The van der Waals surface area contributed by atoms with Crippen LogP contribution >= 0.6 is 11.3 Å². The molecule has 8 nitrogen and oxygen atoms in total. The number of carbonyl (C=O) groups is 2. The first-order chi connectivity index (χ1) is 15.6. The van der Waals surface area contributed by atoms with Crippen LogP contribution in [0.2, 0.25) is 0 Å². The van der Waals surface area contributed by atoms with Crippen molar-refractivity contribution >= 4 is 39.3 Å². The monoisotopic (exact) mass is 466 g/mol. The van der Waals surface area contributed by atoms with Crippen LogP contribution in [-0.2, 0) is 4.79 Å². The summed E-state index contributed by atoms with van der Waals surface area (Å²) in [5, 5.41) is 8.25. The molecule has 33 heavy (non-hydrogen) atoms. The van der Waals surface area contributed by atoms with Crippen molar-refractivity contribution in [1.29, 1.82) is 0 Å². The largest absolute Gasteiger partial charge is 0.351 e. The number of aromatic nitrogens is 3. The molecule has 2 amide bonds. The van der Waals surface area contributed by atoms with Crippen molar-refractivity contribution in [2.75, 3.05) is 18.4 Å². The maximum atomic E-state index is 13.4. The number of rotatable bonds is 5.